The van der Waals surface area contributed by atoms with E-state index in [1.165, 1.54) is 11.0 Å². The summed E-state index contributed by atoms with van der Waals surface area (Å²) in [6.07, 6.45) is 4.83. The molecule has 6 atom stereocenters. The van der Waals surface area contributed by atoms with Crippen LogP contribution in [0.4, 0.5) is 0 Å². The van der Waals surface area contributed by atoms with Gasteiger partial charge in [0.15, 0.2) is 11.6 Å². The number of allylic oxidation sites excluding steroid dienone is 4. The molecule has 4 aliphatic rings. The van der Waals surface area contributed by atoms with Crippen molar-refractivity contribution in [3.05, 3.63) is 119 Å². The molecule has 0 spiro atoms. The fourth-order valence-electron chi connectivity index (χ4n) is 8.46. The van der Waals surface area contributed by atoms with E-state index in [0.717, 1.165) is 5.57 Å². The molecule has 7 rings (SSSR count). The summed E-state index contributed by atoms with van der Waals surface area (Å²) >= 11 is 0. The minimum absolute atomic E-state index is 0.0322. The Kier molecular flexibility index (Phi) is 6.53. The monoisotopic (exact) mass is 571 g/mol. The standard InChI is InChI=1S/C37H33NO5/c1-2-19-38-35(42)26-18-17-24-28(32(26)36(38)43)20-29-34(41)27(22-11-5-3-6-12-22)21-31(40)37(29,23-13-7-4-8-14-23)33(24)25-15-9-10-16-30(25)39/h3-17,21,26,28-29,32-33,39H,2,18-20H2,1H3. The Morgan fingerprint density at radius 1 is 0.837 bits per heavy atom. The van der Waals surface area contributed by atoms with Crippen LogP contribution in [0.3, 0.4) is 0 Å². The number of carbonyl (C=O) groups is 4. The number of fused-ring (bicyclic) bond motifs is 4. The summed E-state index contributed by atoms with van der Waals surface area (Å²) in [6, 6.07) is 25.6. The Morgan fingerprint density at radius 3 is 2.21 bits per heavy atom. The number of nitrogens with zero attached hydrogens (tertiary/aromatic N) is 1. The Morgan fingerprint density at radius 2 is 1.51 bits per heavy atom. The van der Waals surface area contributed by atoms with Gasteiger partial charge in [0.2, 0.25) is 11.8 Å². The molecule has 1 saturated heterocycles. The van der Waals surface area contributed by atoms with Gasteiger partial charge in [-0.25, -0.2) is 0 Å². The summed E-state index contributed by atoms with van der Waals surface area (Å²) in [7, 11) is 0. The van der Waals surface area contributed by atoms with Crippen molar-refractivity contribution < 1.29 is 24.3 Å². The SMILES string of the molecule is CCCN1C(=O)C2CC=C3C(CC4C(=O)C(c5ccccc5)=CC(=O)C4(c4ccccc4)C3c3ccccc3O)C2C1=O. The first-order valence-electron chi connectivity index (χ1n) is 15.1. The van der Waals surface area contributed by atoms with Gasteiger partial charge in [-0.15, -0.1) is 0 Å². The maximum atomic E-state index is 14.9. The lowest BCUT2D eigenvalue weighted by atomic mass is 9.44. The molecule has 2 amide bonds. The first-order chi connectivity index (χ1) is 20.9. The molecule has 3 aliphatic carbocycles. The normalized spacial score (nSPS) is 29.9. The molecule has 216 valence electrons. The number of carbonyl (C=O) groups excluding carboxylic acids is 4. The van der Waals surface area contributed by atoms with Crippen molar-refractivity contribution >= 4 is 29.0 Å². The van der Waals surface area contributed by atoms with Crippen LogP contribution >= 0.6 is 0 Å². The van der Waals surface area contributed by atoms with Gasteiger partial charge in [-0.3, -0.25) is 24.1 Å². The van der Waals surface area contributed by atoms with Crippen molar-refractivity contribution in [1.82, 2.24) is 4.90 Å². The molecule has 3 aromatic carbocycles. The number of hydrogen-bond acceptors (Lipinski definition) is 5. The highest BCUT2D eigenvalue weighted by Gasteiger charge is 2.66. The third-order valence-electron chi connectivity index (χ3n) is 10.2. The molecule has 0 aromatic heterocycles. The summed E-state index contributed by atoms with van der Waals surface area (Å²) in [4.78, 5) is 58.4. The van der Waals surface area contributed by atoms with Crippen LogP contribution in [0.2, 0.25) is 0 Å². The Bertz CT molecular complexity index is 1710. The lowest BCUT2D eigenvalue weighted by Crippen LogP contribution is -2.58. The Balaban J connectivity index is 1.50. The van der Waals surface area contributed by atoms with Gasteiger partial charge in [0.1, 0.15) is 5.75 Å². The molecular weight excluding hydrogens is 538 g/mol. The topological polar surface area (TPSA) is 91.8 Å². The van der Waals surface area contributed by atoms with Crippen molar-refractivity contribution in [2.45, 2.75) is 37.5 Å². The van der Waals surface area contributed by atoms with E-state index in [2.05, 4.69) is 0 Å². The van der Waals surface area contributed by atoms with Crippen LogP contribution in [0.25, 0.3) is 5.57 Å². The lowest BCUT2D eigenvalue weighted by molar-refractivity contribution is -0.140. The van der Waals surface area contributed by atoms with Crippen LogP contribution in [-0.4, -0.2) is 39.9 Å². The summed E-state index contributed by atoms with van der Waals surface area (Å²) in [5, 5.41) is 11.3. The van der Waals surface area contributed by atoms with Crippen molar-refractivity contribution in [2.75, 3.05) is 6.54 Å². The number of rotatable bonds is 5. The molecule has 1 saturated carbocycles. The zero-order chi connectivity index (χ0) is 29.9. The summed E-state index contributed by atoms with van der Waals surface area (Å²) in [5.41, 5.74) is 1.81. The number of hydrogen-bond donors (Lipinski definition) is 1. The van der Waals surface area contributed by atoms with Gasteiger partial charge in [-0.1, -0.05) is 97.4 Å². The quantitative estimate of drug-likeness (QED) is 0.317. The highest BCUT2D eigenvalue weighted by atomic mass is 16.3. The van der Waals surface area contributed by atoms with E-state index in [-0.39, 0.29) is 35.6 Å². The fraction of sp³-hybridized carbons (Fsp3) is 0.297. The second kappa shape index (κ2) is 10.3. The van der Waals surface area contributed by atoms with Gasteiger partial charge < -0.3 is 5.11 Å². The lowest BCUT2D eigenvalue weighted by Gasteiger charge is -2.55. The average molecular weight is 572 g/mol. The predicted molar refractivity (Wildman–Crippen MR) is 162 cm³/mol. The van der Waals surface area contributed by atoms with E-state index in [1.54, 1.807) is 12.1 Å². The smallest absolute Gasteiger partial charge is 0.233 e. The molecule has 3 aromatic rings. The molecule has 2 fully saturated rings. The maximum absolute atomic E-state index is 14.9. The van der Waals surface area contributed by atoms with E-state index in [9.17, 15) is 24.3 Å². The highest BCUT2D eigenvalue weighted by Crippen LogP contribution is 2.64. The minimum atomic E-state index is -1.33. The third-order valence-corrected chi connectivity index (χ3v) is 10.2. The van der Waals surface area contributed by atoms with Crippen LogP contribution in [0.1, 0.15) is 48.8 Å². The van der Waals surface area contributed by atoms with Gasteiger partial charge in [0.25, 0.3) is 0 Å². The van der Waals surface area contributed by atoms with E-state index in [0.29, 0.717) is 41.6 Å². The number of ketones is 2. The van der Waals surface area contributed by atoms with Crippen molar-refractivity contribution in [3.63, 3.8) is 0 Å². The Hall–Kier alpha value is -4.58. The van der Waals surface area contributed by atoms with Crippen molar-refractivity contribution in [3.8, 4) is 5.75 Å². The second-order valence-corrected chi connectivity index (χ2v) is 12.2. The van der Waals surface area contributed by atoms with Gasteiger partial charge >= 0.3 is 0 Å². The molecule has 0 bridgehead atoms. The van der Waals surface area contributed by atoms with E-state index >= 15 is 0 Å². The third kappa shape index (κ3) is 3.85. The first kappa shape index (κ1) is 27.3. The molecule has 6 heteroatoms. The van der Waals surface area contributed by atoms with Gasteiger partial charge in [0, 0.05) is 29.5 Å². The van der Waals surface area contributed by atoms with Crippen LogP contribution in [0, 0.1) is 23.7 Å². The van der Waals surface area contributed by atoms with Crippen molar-refractivity contribution in [1.29, 1.82) is 0 Å². The van der Waals surface area contributed by atoms with Crippen molar-refractivity contribution in [2.24, 2.45) is 23.7 Å². The number of aromatic hydroxyl groups is 1. The van der Waals surface area contributed by atoms with Crippen LogP contribution < -0.4 is 0 Å². The number of para-hydroxylation sites is 1. The fourth-order valence-corrected chi connectivity index (χ4v) is 8.46. The predicted octanol–water partition coefficient (Wildman–Crippen LogP) is 5.63. The molecule has 6 unspecified atom stereocenters. The number of imide groups is 1. The van der Waals surface area contributed by atoms with Gasteiger partial charge in [-0.2, -0.15) is 0 Å². The number of Topliss-reactive ketones (excluding diaryl/α,β-unsaturated/α-hetero) is 1. The summed E-state index contributed by atoms with van der Waals surface area (Å²) < 4.78 is 0. The number of phenolic OH excluding ortho intramolecular Hbond substituents is 1. The summed E-state index contributed by atoms with van der Waals surface area (Å²) in [6.45, 7) is 2.31. The Labute approximate surface area is 250 Å². The number of likely N-dealkylation sites (tertiary alicyclic amines) is 1. The number of benzene rings is 3. The first-order valence-corrected chi connectivity index (χ1v) is 15.1. The zero-order valence-corrected chi connectivity index (χ0v) is 24.0. The van der Waals surface area contributed by atoms with E-state index in [4.69, 9.17) is 0 Å². The van der Waals surface area contributed by atoms with Gasteiger partial charge in [0.05, 0.1) is 17.3 Å². The zero-order valence-electron chi connectivity index (χ0n) is 24.0. The molecule has 6 nitrogen and oxygen atoms in total. The van der Waals surface area contributed by atoms with Crippen LogP contribution in [0.5, 0.6) is 5.75 Å². The minimum Gasteiger partial charge on any atom is -0.508 e. The molecule has 1 N–H and O–H groups in total. The van der Waals surface area contributed by atoms with Crippen LogP contribution in [0.15, 0.2) is 103 Å². The average Bonchev–Trinajstić information content (AvgIpc) is 3.28. The summed E-state index contributed by atoms with van der Waals surface area (Å²) in [5.74, 6) is -3.68. The number of phenols is 1. The van der Waals surface area contributed by atoms with Gasteiger partial charge in [-0.05, 0) is 48.4 Å². The molecule has 1 aliphatic heterocycles. The van der Waals surface area contributed by atoms with E-state index < -0.39 is 35.0 Å². The molecular formula is C37H33NO5. The molecule has 0 radical (unpaired) electrons. The van der Waals surface area contributed by atoms with Crippen LogP contribution in [-0.2, 0) is 24.6 Å². The second-order valence-electron chi connectivity index (χ2n) is 12.2. The molecule has 1 heterocycles. The highest BCUT2D eigenvalue weighted by molar-refractivity contribution is 6.31. The maximum Gasteiger partial charge on any atom is 0.233 e. The number of amides is 2. The van der Waals surface area contributed by atoms with E-state index in [1.807, 2.05) is 85.8 Å². The molecule has 43 heavy (non-hydrogen) atoms. The largest absolute Gasteiger partial charge is 0.508 e.